The molecule has 0 bridgehead atoms. The summed E-state index contributed by atoms with van der Waals surface area (Å²) in [4.78, 5) is 0. The molecule has 0 aromatic heterocycles. The van der Waals surface area contributed by atoms with E-state index in [4.69, 9.17) is 5.73 Å². The number of rotatable bonds is 6. The van der Waals surface area contributed by atoms with Crippen LogP contribution >= 0.6 is 0 Å². The Kier molecular flexibility index (Phi) is 7.17. The monoisotopic (exact) mass is 317 g/mol. The van der Waals surface area contributed by atoms with Gasteiger partial charge < -0.3 is 5.73 Å². The zero-order valence-electron chi connectivity index (χ0n) is 16.7. The number of hydrogen-bond acceptors (Lipinski definition) is 1. The summed E-state index contributed by atoms with van der Waals surface area (Å²) in [6.07, 6.45) is 7.68. The average Bonchev–Trinajstić information content (AvgIpc) is 2.45. The molecule has 0 radical (unpaired) electrons. The third kappa shape index (κ3) is 5.26. The van der Waals surface area contributed by atoms with Crippen LogP contribution in [0, 0.1) is 17.3 Å². The molecule has 1 nitrogen and oxygen atoms in total. The van der Waals surface area contributed by atoms with Crippen LogP contribution in [0.15, 0.2) is 34.6 Å². The lowest BCUT2D eigenvalue weighted by Gasteiger charge is -2.38. The molecule has 1 atom stereocenters. The highest BCUT2D eigenvalue weighted by molar-refractivity contribution is 5.48. The Labute approximate surface area is 145 Å². The summed E-state index contributed by atoms with van der Waals surface area (Å²) in [5.74, 6) is 1.45. The second-order valence-corrected chi connectivity index (χ2v) is 8.53. The fourth-order valence-corrected chi connectivity index (χ4v) is 4.15. The Morgan fingerprint density at radius 2 is 1.70 bits per heavy atom. The molecule has 0 saturated heterocycles. The molecule has 1 aliphatic carbocycles. The molecule has 1 saturated carbocycles. The lowest BCUT2D eigenvalue weighted by Crippen LogP contribution is -2.26. The molecule has 23 heavy (non-hydrogen) atoms. The lowest BCUT2D eigenvalue weighted by molar-refractivity contribution is 0.165. The minimum absolute atomic E-state index is 0.539. The topological polar surface area (TPSA) is 26.0 Å². The van der Waals surface area contributed by atoms with E-state index in [9.17, 15) is 0 Å². The van der Waals surface area contributed by atoms with Gasteiger partial charge in [0.15, 0.2) is 0 Å². The molecule has 0 amide bonds. The molecule has 1 rings (SSSR count). The maximum Gasteiger partial charge on any atom is 0.0316 e. The van der Waals surface area contributed by atoms with Gasteiger partial charge in [0.05, 0.1) is 0 Å². The highest BCUT2D eigenvalue weighted by atomic mass is 14.6. The molecule has 1 heteroatoms. The molecule has 0 aromatic carbocycles. The van der Waals surface area contributed by atoms with Gasteiger partial charge in [-0.25, -0.2) is 0 Å². The van der Waals surface area contributed by atoms with Crippen molar-refractivity contribution >= 4 is 0 Å². The maximum absolute atomic E-state index is 6.13. The van der Waals surface area contributed by atoms with Crippen LogP contribution in [0.25, 0.3) is 0 Å². The van der Waals surface area contributed by atoms with E-state index in [1.165, 1.54) is 48.0 Å². The average molecular weight is 318 g/mol. The molecular formula is C22H39N. The fraction of sp³-hybridized carbons (Fsp3) is 0.727. The Bertz CT molecular complexity index is 480. The third-order valence-corrected chi connectivity index (χ3v) is 6.11. The van der Waals surface area contributed by atoms with Crippen molar-refractivity contribution in [3.8, 4) is 0 Å². The molecule has 0 spiro atoms. The van der Waals surface area contributed by atoms with Crippen molar-refractivity contribution in [2.75, 3.05) is 0 Å². The molecule has 132 valence electrons. The van der Waals surface area contributed by atoms with Crippen LogP contribution in [0.5, 0.6) is 0 Å². The zero-order valence-corrected chi connectivity index (χ0v) is 16.7. The van der Waals surface area contributed by atoms with Crippen molar-refractivity contribution in [2.24, 2.45) is 23.0 Å². The number of nitrogens with two attached hydrogens (primary N) is 1. The standard InChI is InChI=1S/C22H39N/c1-9-10-15(2)21(19(6)23)18(5)16(3)17(4)20-11-13-22(7,8)14-12-20/h17,20H,6,9-14,23H2,1-5,7-8H3/b18-16+,21-15-/t17-/m0/s1. The van der Waals surface area contributed by atoms with E-state index in [0.717, 1.165) is 24.5 Å². The molecule has 0 heterocycles. The first-order valence-electron chi connectivity index (χ1n) is 9.43. The van der Waals surface area contributed by atoms with Crippen LogP contribution in [-0.2, 0) is 0 Å². The minimum atomic E-state index is 0.539. The van der Waals surface area contributed by atoms with E-state index < -0.39 is 0 Å². The van der Waals surface area contributed by atoms with Crippen LogP contribution in [0.1, 0.15) is 87.0 Å². The maximum atomic E-state index is 6.13. The Balaban J connectivity index is 3.02. The van der Waals surface area contributed by atoms with E-state index in [1.807, 2.05) is 0 Å². The van der Waals surface area contributed by atoms with E-state index in [-0.39, 0.29) is 0 Å². The predicted molar refractivity (Wildman–Crippen MR) is 104 cm³/mol. The summed E-state index contributed by atoms with van der Waals surface area (Å²) >= 11 is 0. The highest BCUT2D eigenvalue weighted by Gasteiger charge is 2.30. The molecule has 0 aliphatic heterocycles. The molecular weight excluding hydrogens is 278 g/mol. The van der Waals surface area contributed by atoms with E-state index in [2.05, 4.69) is 55.0 Å². The zero-order chi connectivity index (χ0) is 17.8. The first-order chi connectivity index (χ1) is 10.6. The minimum Gasteiger partial charge on any atom is -0.399 e. The summed E-state index contributed by atoms with van der Waals surface area (Å²) in [6.45, 7) is 20.3. The smallest absolute Gasteiger partial charge is 0.0316 e. The highest BCUT2D eigenvalue weighted by Crippen LogP contribution is 2.43. The van der Waals surface area contributed by atoms with Crippen molar-refractivity contribution in [3.63, 3.8) is 0 Å². The van der Waals surface area contributed by atoms with Gasteiger partial charge in [0.25, 0.3) is 0 Å². The van der Waals surface area contributed by atoms with Gasteiger partial charge in [-0.1, -0.05) is 51.8 Å². The second-order valence-electron chi connectivity index (χ2n) is 8.53. The van der Waals surface area contributed by atoms with Crippen molar-refractivity contribution in [3.05, 3.63) is 34.6 Å². The Hall–Kier alpha value is -0.980. The van der Waals surface area contributed by atoms with Crippen LogP contribution in [-0.4, -0.2) is 0 Å². The van der Waals surface area contributed by atoms with Crippen LogP contribution in [0.3, 0.4) is 0 Å². The Morgan fingerprint density at radius 1 is 1.17 bits per heavy atom. The first-order valence-corrected chi connectivity index (χ1v) is 9.43. The number of allylic oxidation sites excluding steroid dienone is 3. The summed E-state index contributed by atoms with van der Waals surface area (Å²) in [5.41, 5.74) is 12.9. The molecule has 1 fully saturated rings. The second kappa shape index (κ2) is 8.22. The van der Waals surface area contributed by atoms with Crippen LogP contribution in [0.2, 0.25) is 0 Å². The van der Waals surface area contributed by atoms with Crippen molar-refractivity contribution in [2.45, 2.75) is 87.0 Å². The van der Waals surface area contributed by atoms with Gasteiger partial charge >= 0.3 is 0 Å². The normalized spacial score (nSPS) is 22.2. The summed E-state index contributed by atoms with van der Waals surface area (Å²) < 4.78 is 0. The summed E-state index contributed by atoms with van der Waals surface area (Å²) in [7, 11) is 0. The van der Waals surface area contributed by atoms with Crippen LogP contribution < -0.4 is 5.73 Å². The van der Waals surface area contributed by atoms with Gasteiger partial charge in [0.2, 0.25) is 0 Å². The first kappa shape index (κ1) is 20.1. The number of hydrogen-bond donors (Lipinski definition) is 1. The van der Waals surface area contributed by atoms with Crippen molar-refractivity contribution in [1.29, 1.82) is 0 Å². The molecule has 2 N–H and O–H groups in total. The van der Waals surface area contributed by atoms with Gasteiger partial charge in [-0.3, -0.25) is 0 Å². The van der Waals surface area contributed by atoms with Gasteiger partial charge in [0.1, 0.15) is 0 Å². The van der Waals surface area contributed by atoms with Crippen LogP contribution in [0.4, 0.5) is 0 Å². The SMILES string of the molecule is C=C(N)C(=C(/C)CCC)/C(C)=C(\C)[C@H](C)C1CCC(C)(C)CC1. The largest absolute Gasteiger partial charge is 0.399 e. The van der Waals surface area contributed by atoms with Gasteiger partial charge in [0, 0.05) is 5.70 Å². The van der Waals surface area contributed by atoms with Crippen molar-refractivity contribution in [1.82, 2.24) is 0 Å². The van der Waals surface area contributed by atoms with E-state index >= 15 is 0 Å². The van der Waals surface area contributed by atoms with Crippen molar-refractivity contribution < 1.29 is 0 Å². The fourth-order valence-electron chi connectivity index (χ4n) is 4.15. The van der Waals surface area contributed by atoms with Gasteiger partial charge in [-0.15, -0.1) is 0 Å². The molecule has 0 unspecified atom stereocenters. The molecule has 1 aliphatic rings. The van der Waals surface area contributed by atoms with E-state index in [1.54, 1.807) is 0 Å². The summed E-state index contributed by atoms with van der Waals surface area (Å²) in [6, 6.07) is 0. The van der Waals surface area contributed by atoms with Gasteiger partial charge in [-0.05, 0) is 81.3 Å². The van der Waals surface area contributed by atoms with Gasteiger partial charge in [-0.2, -0.15) is 0 Å². The lowest BCUT2D eigenvalue weighted by atomic mass is 9.68. The molecule has 0 aromatic rings. The summed E-state index contributed by atoms with van der Waals surface area (Å²) in [5, 5.41) is 0. The predicted octanol–water partition coefficient (Wildman–Crippen LogP) is 6.76. The van der Waals surface area contributed by atoms with E-state index in [0.29, 0.717) is 11.3 Å². The third-order valence-electron chi connectivity index (χ3n) is 6.11. The quantitative estimate of drug-likeness (QED) is 0.538. The Morgan fingerprint density at radius 3 is 2.13 bits per heavy atom.